The lowest BCUT2D eigenvalue weighted by atomic mass is 10.0. The van der Waals surface area contributed by atoms with Crippen molar-refractivity contribution < 1.29 is 19.1 Å². The van der Waals surface area contributed by atoms with Crippen molar-refractivity contribution in [1.82, 2.24) is 10.7 Å². The highest BCUT2D eigenvalue weighted by Gasteiger charge is 2.22. The van der Waals surface area contributed by atoms with Crippen LogP contribution in [0.3, 0.4) is 0 Å². The van der Waals surface area contributed by atoms with E-state index in [1.54, 1.807) is 30.3 Å². The van der Waals surface area contributed by atoms with Crippen LogP contribution < -0.4 is 20.2 Å². The molecule has 0 aromatic heterocycles. The first-order valence-corrected chi connectivity index (χ1v) is 13.8. The van der Waals surface area contributed by atoms with Crippen molar-refractivity contribution in [3.63, 3.8) is 0 Å². The van der Waals surface area contributed by atoms with Crippen LogP contribution in [0.15, 0.2) is 70.2 Å². The van der Waals surface area contributed by atoms with Crippen LogP contribution in [-0.4, -0.2) is 30.7 Å². The molecule has 1 atom stereocenters. The van der Waals surface area contributed by atoms with Crippen molar-refractivity contribution in [1.29, 1.82) is 0 Å². The number of carbonyl (C=O) groups excluding carboxylic acids is 2. The van der Waals surface area contributed by atoms with Gasteiger partial charge in [0.2, 0.25) is 0 Å². The predicted molar refractivity (Wildman–Crippen MR) is 159 cm³/mol. The third-order valence-corrected chi connectivity index (χ3v) is 6.76. The minimum absolute atomic E-state index is 0.175. The van der Waals surface area contributed by atoms with Gasteiger partial charge in [-0.05, 0) is 82.7 Å². The Hall–Kier alpha value is -3.07. The number of hydrogen-bond donors (Lipinski definition) is 2. The minimum atomic E-state index is -0.752. The van der Waals surface area contributed by atoms with Crippen LogP contribution in [0.1, 0.15) is 37.0 Å². The molecule has 3 aromatic rings. The highest BCUT2D eigenvalue weighted by Crippen LogP contribution is 2.28. The van der Waals surface area contributed by atoms with E-state index in [9.17, 15) is 9.59 Å². The van der Waals surface area contributed by atoms with Gasteiger partial charge in [-0.2, -0.15) is 5.10 Å². The normalized spacial score (nSPS) is 11.9. The monoisotopic (exact) mass is 633 g/mol. The van der Waals surface area contributed by atoms with Crippen LogP contribution in [0.5, 0.6) is 11.5 Å². The molecule has 2 N–H and O–H groups in total. The zero-order chi connectivity index (χ0) is 28.4. The largest absolute Gasteiger partial charge is 0.488 e. The lowest BCUT2D eigenvalue weighted by molar-refractivity contribution is -0.130. The molecule has 7 nitrogen and oxygen atoms in total. The van der Waals surface area contributed by atoms with E-state index in [0.29, 0.717) is 32.4 Å². The quantitative estimate of drug-likeness (QED) is 0.171. The summed E-state index contributed by atoms with van der Waals surface area (Å²) in [5, 5.41) is 7.91. The second-order valence-corrected chi connectivity index (χ2v) is 11.0. The van der Waals surface area contributed by atoms with E-state index < -0.39 is 11.9 Å². The van der Waals surface area contributed by atoms with Crippen LogP contribution in [0.4, 0.5) is 0 Å². The van der Waals surface area contributed by atoms with Gasteiger partial charge >= 0.3 is 0 Å². The summed E-state index contributed by atoms with van der Waals surface area (Å²) >= 11 is 15.7. The van der Waals surface area contributed by atoms with E-state index in [-0.39, 0.29) is 25.0 Å². The fourth-order valence-electron chi connectivity index (χ4n) is 3.56. The maximum Gasteiger partial charge on any atom is 0.262 e. The predicted octanol–water partition coefficient (Wildman–Crippen LogP) is 6.70. The number of nitrogens with zero attached hydrogens (tertiary/aromatic N) is 1. The molecular formula is C29H30BrCl2N3O4. The first kappa shape index (κ1) is 30.5. The zero-order valence-corrected chi connectivity index (χ0v) is 24.9. The van der Waals surface area contributed by atoms with Gasteiger partial charge in [0.25, 0.3) is 11.8 Å². The van der Waals surface area contributed by atoms with Crippen molar-refractivity contribution in [2.45, 2.75) is 39.8 Å². The molecule has 0 heterocycles. The number of para-hydroxylation sites is 1. The molecule has 10 heteroatoms. The van der Waals surface area contributed by atoms with Crippen LogP contribution in [0.25, 0.3) is 0 Å². The Morgan fingerprint density at radius 3 is 2.49 bits per heavy atom. The lowest BCUT2D eigenvalue weighted by Crippen LogP contribution is -2.47. The molecule has 0 aliphatic heterocycles. The van der Waals surface area contributed by atoms with Gasteiger partial charge in [0.15, 0.2) is 6.61 Å². The van der Waals surface area contributed by atoms with Crippen LogP contribution >= 0.6 is 39.1 Å². The Morgan fingerprint density at radius 2 is 1.79 bits per heavy atom. The minimum Gasteiger partial charge on any atom is -0.488 e. The number of aryl methyl sites for hydroxylation is 1. The average Bonchev–Trinajstić information content (AvgIpc) is 2.88. The third-order valence-electron chi connectivity index (χ3n) is 5.55. The molecule has 0 bridgehead atoms. The first-order chi connectivity index (χ1) is 18.6. The Balaban J connectivity index is 1.54. The summed E-state index contributed by atoms with van der Waals surface area (Å²) < 4.78 is 12.2. The van der Waals surface area contributed by atoms with Crippen LogP contribution in [0, 0.1) is 12.8 Å². The van der Waals surface area contributed by atoms with Gasteiger partial charge in [0.1, 0.15) is 24.1 Å². The molecule has 0 fully saturated rings. The van der Waals surface area contributed by atoms with Crippen molar-refractivity contribution in [3.05, 3.63) is 91.9 Å². The number of halogens is 3. The summed E-state index contributed by atoms with van der Waals surface area (Å²) in [7, 11) is 0. The van der Waals surface area contributed by atoms with Gasteiger partial charge in [-0.15, -0.1) is 0 Å². The number of hydrogen-bond acceptors (Lipinski definition) is 5. The molecule has 206 valence electrons. The maximum atomic E-state index is 12.8. The summed E-state index contributed by atoms with van der Waals surface area (Å²) in [4.78, 5) is 25.3. The number of hydrazone groups is 1. The van der Waals surface area contributed by atoms with Gasteiger partial charge in [0.05, 0.1) is 10.7 Å². The van der Waals surface area contributed by atoms with Gasteiger partial charge in [-0.1, -0.05) is 61.3 Å². The van der Waals surface area contributed by atoms with Crippen molar-refractivity contribution >= 4 is 57.2 Å². The van der Waals surface area contributed by atoms with Gasteiger partial charge in [-0.25, -0.2) is 5.43 Å². The van der Waals surface area contributed by atoms with Crippen LogP contribution in [-0.2, 0) is 16.2 Å². The molecule has 0 unspecified atom stereocenters. The lowest BCUT2D eigenvalue weighted by Gasteiger charge is -2.19. The number of nitrogens with one attached hydrogen (secondary N) is 2. The molecule has 0 saturated heterocycles. The Kier molecular flexibility index (Phi) is 11.7. The molecule has 3 aromatic carbocycles. The summed E-state index contributed by atoms with van der Waals surface area (Å²) in [6.45, 7) is 5.93. The molecule has 0 saturated carbocycles. The molecule has 0 aliphatic carbocycles. The topological polar surface area (TPSA) is 89.0 Å². The van der Waals surface area contributed by atoms with E-state index in [0.717, 1.165) is 16.7 Å². The van der Waals surface area contributed by atoms with Crippen molar-refractivity contribution in [3.8, 4) is 11.5 Å². The molecule has 0 radical (unpaired) electrons. The number of carbonyl (C=O) groups is 2. The van der Waals surface area contributed by atoms with Crippen LogP contribution in [0.2, 0.25) is 10.0 Å². The standard InChI is InChI=1S/C29H30BrCl2N3O4/c1-18(2)12-25(34-28(36)17-39-26-7-5-4-6-19(26)3)29(37)35-33-15-20-8-11-27(23(30)13-20)38-16-21-9-10-22(31)14-24(21)32/h4-11,13-15,18,25H,12,16-17H2,1-3H3,(H,34,36)(H,35,37)/b33-15-/t25-/m1/s1. The summed E-state index contributed by atoms with van der Waals surface area (Å²) in [6.07, 6.45) is 1.96. The third kappa shape index (κ3) is 9.88. The van der Waals surface area contributed by atoms with Gasteiger partial charge in [0, 0.05) is 15.6 Å². The highest BCUT2D eigenvalue weighted by atomic mass is 79.9. The summed E-state index contributed by atoms with van der Waals surface area (Å²) in [5.41, 5.74) is 4.99. The van der Waals surface area contributed by atoms with E-state index in [1.807, 2.05) is 51.1 Å². The smallest absolute Gasteiger partial charge is 0.262 e. The van der Waals surface area contributed by atoms with E-state index in [2.05, 4.69) is 31.8 Å². The molecule has 0 spiro atoms. The molecule has 2 amide bonds. The number of benzene rings is 3. The summed E-state index contributed by atoms with van der Waals surface area (Å²) in [6, 6.07) is 17.3. The molecule has 3 rings (SSSR count). The van der Waals surface area contributed by atoms with Gasteiger partial charge < -0.3 is 14.8 Å². The Bertz CT molecular complexity index is 1330. The average molecular weight is 635 g/mol. The fourth-order valence-corrected chi connectivity index (χ4v) is 4.53. The second-order valence-electron chi connectivity index (χ2n) is 9.25. The molecule has 0 aliphatic rings. The maximum absolute atomic E-state index is 12.8. The second kappa shape index (κ2) is 14.9. The zero-order valence-electron chi connectivity index (χ0n) is 21.8. The highest BCUT2D eigenvalue weighted by molar-refractivity contribution is 9.10. The SMILES string of the molecule is Cc1ccccc1OCC(=O)N[C@H](CC(C)C)C(=O)N/N=C\c1ccc(OCc2ccc(Cl)cc2Cl)c(Br)c1. The van der Waals surface area contributed by atoms with Crippen molar-refractivity contribution in [2.24, 2.45) is 11.0 Å². The van der Waals surface area contributed by atoms with E-state index >= 15 is 0 Å². The first-order valence-electron chi connectivity index (χ1n) is 12.3. The van der Waals surface area contributed by atoms with Gasteiger partial charge in [-0.3, -0.25) is 9.59 Å². The Morgan fingerprint density at radius 1 is 1.03 bits per heavy atom. The van der Waals surface area contributed by atoms with E-state index in [4.69, 9.17) is 32.7 Å². The summed E-state index contributed by atoms with van der Waals surface area (Å²) in [5.74, 6) is 0.618. The Labute approximate surface area is 247 Å². The van der Waals surface area contributed by atoms with E-state index in [1.165, 1.54) is 6.21 Å². The molecule has 39 heavy (non-hydrogen) atoms. The van der Waals surface area contributed by atoms with Crippen molar-refractivity contribution in [2.75, 3.05) is 6.61 Å². The number of amides is 2. The molecular weight excluding hydrogens is 605 g/mol. The number of rotatable bonds is 12. The fraction of sp³-hybridized carbons (Fsp3) is 0.276. The number of ether oxygens (including phenoxy) is 2.